The molecule has 0 unspecified atom stereocenters. The SMILES string of the molecule is CCNC(=O)[C@@H](C)N(Cc1ccccc1)C(=O)CSCc1ccc(Cl)cc1Cl. The van der Waals surface area contributed by atoms with Crippen molar-refractivity contribution in [1.82, 2.24) is 10.2 Å². The molecule has 0 heterocycles. The molecule has 0 fully saturated rings. The lowest BCUT2D eigenvalue weighted by atomic mass is 10.1. The van der Waals surface area contributed by atoms with Crippen molar-refractivity contribution in [3.63, 3.8) is 0 Å². The topological polar surface area (TPSA) is 49.4 Å². The van der Waals surface area contributed by atoms with Gasteiger partial charge in [0, 0.05) is 28.9 Å². The first kappa shape index (κ1) is 22.6. The second kappa shape index (κ2) is 11.3. The molecule has 0 saturated heterocycles. The lowest BCUT2D eigenvalue weighted by molar-refractivity contribution is -0.138. The zero-order valence-corrected chi connectivity index (χ0v) is 18.3. The van der Waals surface area contributed by atoms with E-state index in [4.69, 9.17) is 23.2 Å². The van der Waals surface area contributed by atoms with Crippen LogP contribution in [0.3, 0.4) is 0 Å². The van der Waals surface area contributed by atoms with Crippen molar-refractivity contribution < 1.29 is 9.59 Å². The second-order valence-corrected chi connectivity index (χ2v) is 8.14. The van der Waals surface area contributed by atoms with Gasteiger partial charge in [0.15, 0.2) is 0 Å². The molecule has 2 rings (SSSR count). The van der Waals surface area contributed by atoms with E-state index in [1.54, 1.807) is 24.0 Å². The van der Waals surface area contributed by atoms with Crippen molar-refractivity contribution in [1.29, 1.82) is 0 Å². The number of hydrogen-bond donors (Lipinski definition) is 1. The van der Waals surface area contributed by atoms with Gasteiger partial charge in [-0.3, -0.25) is 9.59 Å². The lowest BCUT2D eigenvalue weighted by Gasteiger charge is -2.28. The maximum absolute atomic E-state index is 12.9. The van der Waals surface area contributed by atoms with E-state index in [0.29, 0.717) is 28.9 Å². The Morgan fingerprint density at radius 1 is 1.14 bits per heavy atom. The van der Waals surface area contributed by atoms with E-state index in [9.17, 15) is 9.59 Å². The maximum Gasteiger partial charge on any atom is 0.242 e. The first-order chi connectivity index (χ1) is 13.4. The fourth-order valence-electron chi connectivity index (χ4n) is 2.65. The molecule has 150 valence electrons. The van der Waals surface area contributed by atoms with E-state index in [1.807, 2.05) is 43.3 Å². The predicted octanol–water partition coefficient (Wildman–Crippen LogP) is 4.78. The number of carbonyl (C=O) groups is 2. The number of benzene rings is 2. The van der Waals surface area contributed by atoms with Gasteiger partial charge in [0.2, 0.25) is 11.8 Å². The fraction of sp³-hybridized carbons (Fsp3) is 0.333. The van der Waals surface area contributed by atoms with Gasteiger partial charge < -0.3 is 10.2 Å². The summed E-state index contributed by atoms with van der Waals surface area (Å²) in [5, 5.41) is 3.96. The van der Waals surface area contributed by atoms with Crippen molar-refractivity contribution in [2.45, 2.75) is 32.2 Å². The van der Waals surface area contributed by atoms with Crippen LogP contribution in [-0.4, -0.2) is 35.1 Å². The third-order valence-electron chi connectivity index (χ3n) is 4.21. The van der Waals surface area contributed by atoms with E-state index in [2.05, 4.69) is 5.32 Å². The Hall–Kier alpha value is -1.69. The van der Waals surface area contributed by atoms with Gasteiger partial charge in [-0.2, -0.15) is 0 Å². The van der Waals surface area contributed by atoms with Gasteiger partial charge in [0.25, 0.3) is 0 Å². The van der Waals surface area contributed by atoms with Gasteiger partial charge >= 0.3 is 0 Å². The summed E-state index contributed by atoms with van der Waals surface area (Å²) in [7, 11) is 0. The molecule has 1 N–H and O–H groups in total. The van der Waals surface area contributed by atoms with Crippen LogP contribution in [0.1, 0.15) is 25.0 Å². The zero-order valence-electron chi connectivity index (χ0n) is 16.0. The van der Waals surface area contributed by atoms with Gasteiger partial charge in [-0.1, -0.05) is 59.6 Å². The molecule has 2 amide bonds. The molecular formula is C21H24Cl2N2O2S. The highest BCUT2D eigenvalue weighted by molar-refractivity contribution is 7.99. The van der Waals surface area contributed by atoms with Crippen LogP contribution in [0.25, 0.3) is 0 Å². The average Bonchev–Trinajstić information content (AvgIpc) is 2.68. The number of hydrogen-bond acceptors (Lipinski definition) is 3. The monoisotopic (exact) mass is 438 g/mol. The first-order valence-electron chi connectivity index (χ1n) is 9.05. The van der Waals surface area contributed by atoms with Crippen LogP contribution >= 0.6 is 35.0 Å². The third kappa shape index (κ3) is 6.73. The molecule has 0 radical (unpaired) electrons. The van der Waals surface area contributed by atoms with Crippen molar-refractivity contribution >= 4 is 46.8 Å². The quantitative estimate of drug-likeness (QED) is 0.612. The molecular weight excluding hydrogens is 415 g/mol. The summed E-state index contributed by atoms with van der Waals surface area (Å²) < 4.78 is 0. The molecule has 2 aromatic rings. The van der Waals surface area contributed by atoms with Crippen LogP contribution in [0.2, 0.25) is 10.0 Å². The standard InChI is InChI=1S/C21H24Cl2N2O2S/c1-3-24-21(27)15(2)25(12-16-7-5-4-6-8-16)20(26)14-28-13-17-9-10-18(22)11-19(17)23/h4-11,15H,3,12-14H2,1-2H3,(H,24,27)/t15-/m1/s1. The van der Waals surface area contributed by atoms with Crippen LogP contribution in [0.4, 0.5) is 0 Å². The molecule has 0 bridgehead atoms. The predicted molar refractivity (Wildman–Crippen MR) is 118 cm³/mol. The summed E-state index contributed by atoms with van der Waals surface area (Å²) in [6.07, 6.45) is 0. The first-order valence-corrected chi connectivity index (χ1v) is 11.0. The molecule has 0 saturated carbocycles. The summed E-state index contributed by atoms with van der Waals surface area (Å²) in [6.45, 7) is 4.53. The normalized spacial score (nSPS) is 11.7. The molecule has 2 aromatic carbocycles. The van der Waals surface area contributed by atoms with E-state index < -0.39 is 6.04 Å². The number of thioether (sulfide) groups is 1. The minimum atomic E-state index is -0.549. The minimum absolute atomic E-state index is 0.0855. The summed E-state index contributed by atoms with van der Waals surface area (Å²) in [5.74, 6) is 0.613. The minimum Gasteiger partial charge on any atom is -0.355 e. The number of halogens is 2. The Balaban J connectivity index is 2.03. The molecule has 0 aliphatic carbocycles. The van der Waals surface area contributed by atoms with E-state index in [-0.39, 0.29) is 17.6 Å². The highest BCUT2D eigenvalue weighted by Crippen LogP contribution is 2.25. The zero-order chi connectivity index (χ0) is 20.5. The Morgan fingerprint density at radius 2 is 1.86 bits per heavy atom. The van der Waals surface area contributed by atoms with E-state index in [0.717, 1.165) is 11.1 Å². The highest BCUT2D eigenvalue weighted by atomic mass is 35.5. The van der Waals surface area contributed by atoms with Crippen LogP contribution in [-0.2, 0) is 21.9 Å². The Morgan fingerprint density at radius 3 is 2.50 bits per heavy atom. The summed E-state index contributed by atoms with van der Waals surface area (Å²) in [6, 6.07) is 14.5. The molecule has 28 heavy (non-hydrogen) atoms. The smallest absolute Gasteiger partial charge is 0.242 e. The average molecular weight is 439 g/mol. The molecule has 0 aromatic heterocycles. The number of amides is 2. The van der Waals surface area contributed by atoms with Gasteiger partial charge in [0.1, 0.15) is 6.04 Å². The number of likely N-dealkylation sites (N-methyl/N-ethyl adjacent to an activating group) is 1. The van der Waals surface area contributed by atoms with Crippen LogP contribution in [0.5, 0.6) is 0 Å². The van der Waals surface area contributed by atoms with Crippen LogP contribution in [0.15, 0.2) is 48.5 Å². The van der Waals surface area contributed by atoms with Crippen molar-refractivity contribution in [3.8, 4) is 0 Å². The summed E-state index contributed by atoms with van der Waals surface area (Å²) >= 11 is 13.6. The Kier molecular flexibility index (Phi) is 9.16. The van der Waals surface area contributed by atoms with Crippen LogP contribution in [0, 0.1) is 0 Å². The number of nitrogens with zero attached hydrogens (tertiary/aromatic N) is 1. The van der Waals surface area contributed by atoms with Crippen LogP contribution < -0.4 is 5.32 Å². The molecule has 0 spiro atoms. The number of carbonyl (C=O) groups excluding carboxylic acids is 2. The van der Waals surface area contributed by atoms with Gasteiger partial charge in [0.05, 0.1) is 5.75 Å². The van der Waals surface area contributed by atoms with Gasteiger partial charge in [-0.15, -0.1) is 11.8 Å². The van der Waals surface area contributed by atoms with Crippen molar-refractivity contribution in [2.75, 3.05) is 12.3 Å². The van der Waals surface area contributed by atoms with E-state index in [1.165, 1.54) is 11.8 Å². The molecule has 1 atom stereocenters. The molecule has 0 aliphatic rings. The highest BCUT2D eigenvalue weighted by Gasteiger charge is 2.25. The number of rotatable bonds is 9. The molecule has 7 heteroatoms. The maximum atomic E-state index is 12.9. The third-order valence-corrected chi connectivity index (χ3v) is 5.77. The Labute approximate surface area is 180 Å². The van der Waals surface area contributed by atoms with Crippen molar-refractivity contribution in [2.24, 2.45) is 0 Å². The lowest BCUT2D eigenvalue weighted by Crippen LogP contribution is -2.48. The van der Waals surface area contributed by atoms with E-state index >= 15 is 0 Å². The van der Waals surface area contributed by atoms with Gasteiger partial charge in [-0.25, -0.2) is 0 Å². The number of nitrogens with one attached hydrogen (secondary N) is 1. The molecule has 4 nitrogen and oxygen atoms in total. The second-order valence-electron chi connectivity index (χ2n) is 6.31. The van der Waals surface area contributed by atoms with Crippen molar-refractivity contribution in [3.05, 3.63) is 69.7 Å². The summed E-state index contributed by atoms with van der Waals surface area (Å²) in [4.78, 5) is 26.8. The largest absolute Gasteiger partial charge is 0.355 e. The Bertz CT molecular complexity index is 802. The summed E-state index contributed by atoms with van der Waals surface area (Å²) in [5.41, 5.74) is 1.91. The van der Waals surface area contributed by atoms with Gasteiger partial charge in [-0.05, 0) is 37.1 Å². The molecule has 0 aliphatic heterocycles. The fourth-order valence-corrected chi connectivity index (χ4v) is 4.12.